The van der Waals surface area contributed by atoms with E-state index in [0.717, 1.165) is 80.5 Å². The first kappa shape index (κ1) is 36.1. The molecule has 7 heteroatoms. The highest BCUT2D eigenvalue weighted by Crippen LogP contribution is 2.67. The van der Waals surface area contributed by atoms with Crippen molar-refractivity contribution in [1.82, 2.24) is 5.32 Å². The van der Waals surface area contributed by atoms with E-state index in [1.165, 1.54) is 51.4 Å². The van der Waals surface area contributed by atoms with Crippen molar-refractivity contribution < 1.29 is 29.2 Å². The van der Waals surface area contributed by atoms with Gasteiger partial charge in [0.1, 0.15) is 12.2 Å². The number of nitrogens with one attached hydrogen (secondary N) is 1. The molecular formula is C39H67NO6. The van der Waals surface area contributed by atoms with Crippen LogP contribution in [0.1, 0.15) is 137 Å². The summed E-state index contributed by atoms with van der Waals surface area (Å²) in [5.74, 6) is 5.06. The first-order chi connectivity index (χ1) is 22.0. The minimum absolute atomic E-state index is 0.00816. The van der Waals surface area contributed by atoms with Crippen molar-refractivity contribution in [2.24, 2.45) is 46.3 Å². The molecule has 0 spiro atoms. The number of amides is 1. The molecule has 4 aliphatic carbocycles. The molecule has 0 aromatic rings. The van der Waals surface area contributed by atoms with E-state index in [0.29, 0.717) is 25.0 Å². The fourth-order valence-corrected chi connectivity index (χ4v) is 10.9. The van der Waals surface area contributed by atoms with Crippen LogP contribution in [0.3, 0.4) is 0 Å². The topological polar surface area (TPSA) is 97.3 Å². The van der Waals surface area contributed by atoms with E-state index in [9.17, 15) is 9.90 Å². The first-order valence-corrected chi connectivity index (χ1v) is 19.2. The normalized spacial score (nSPS) is 39.3. The highest BCUT2D eigenvalue weighted by atomic mass is 16.7. The molecule has 0 aromatic heterocycles. The zero-order valence-electron chi connectivity index (χ0n) is 29.8. The highest BCUT2D eigenvalue weighted by molar-refractivity contribution is 5.67. The van der Waals surface area contributed by atoms with E-state index in [1.54, 1.807) is 5.57 Å². The molecule has 264 valence electrons. The Kier molecular flexibility index (Phi) is 12.6. The summed E-state index contributed by atoms with van der Waals surface area (Å²) in [5.41, 5.74) is 2.37. The summed E-state index contributed by atoms with van der Waals surface area (Å²) in [7, 11) is 0. The van der Waals surface area contributed by atoms with Crippen LogP contribution in [0.25, 0.3) is 0 Å². The minimum Gasteiger partial charge on any atom is -0.446 e. The summed E-state index contributed by atoms with van der Waals surface area (Å²) in [6, 6.07) is 0. The van der Waals surface area contributed by atoms with Gasteiger partial charge >= 0.3 is 6.09 Å². The van der Waals surface area contributed by atoms with Crippen molar-refractivity contribution in [1.29, 1.82) is 0 Å². The van der Waals surface area contributed by atoms with Crippen LogP contribution < -0.4 is 5.32 Å². The van der Waals surface area contributed by atoms with Crippen molar-refractivity contribution in [2.75, 3.05) is 19.8 Å². The van der Waals surface area contributed by atoms with Crippen molar-refractivity contribution in [2.45, 2.75) is 162 Å². The monoisotopic (exact) mass is 645 g/mol. The summed E-state index contributed by atoms with van der Waals surface area (Å²) >= 11 is 0. The molecule has 0 aromatic carbocycles. The first-order valence-electron chi connectivity index (χ1n) is 19.2. The SMILES string of the molecule is CC(C)CCC[C@H](C)[C@H]1CC[C@@H]2C3CC=C4C[C@@H](OC(=O)NCCCCCCO[C@H]5CC(O)[C@@H](CO)O5)CC[C@]4(C)C3CC[C@@]21C. The fourth-order valence-electron chi connectivity index (χ4n) is 10.9. The van der Waals surface area contributed by atoms with Gasteiger partial charge in [-0.2, -0.15) is 0 Å². The number of hydrogen-bond donors (Lipinski definition) is 3. The summed E-state index contributed by atoms with van der Waals surface area (Å²) in [5, 5.41) is 21.9. The molecule has 5 rings (SSSR count). The lowest BCUT2D eigenvalue weighted by Crippen LogP contribution is -2.51. The summed E-state index contributed by atoms with van der Waals surface area (Å²) in [4.78, 5) is 12.7. The maximum Gasteiger partial charge on any atom is 0.407 e. The van der Waals surface area contributed by atoms with Gasteiger partial charge in [-0.05, 0) is 104 Å². The van der Waals surface area contributed by atoms with E-state index in [1.807, 2.05) is 0 Å². The van der Waals surface area contributed by atoms with Crippen LogP contribution in [0.2, 0.25) is 0 Å². The Labute approximate surface area is 280 Å². The quantitative estimate of drug-likeness (QED) is 0.123. The summed E-state index contributed by atoms with van der Waals surface area (Å²) < 4.78 is 17.1. The molecule has 1 aliphatic heterocycles. The molecule has 46 heavy (non-hydrogen) atoms. The predicted molar refractivity (Wildman–Crippen MR) is 182 cm³/mol. The van der Waals surface area contributed by atoms with E-state index in [-0.39, 0.29) is 24.2 Å². The maximum atomic E-state index is 12.7. The molecule has 1 saturated heterocycles. The molecule has 5 aliphatic rings. The molecule has 3 saturated carbocycles. The second kappa shape index (κ2) is 16.0. The van der Waals surface area contributed by atoms with Crippen molar-refractivity contribution in [3.63, 3.8) is 0 Å². The van der Waals surface area contributed by atoms with E-state index in [2.05, 4.69) is 46.0 Å². The van der Waals surface area contributed by atoms with Crippen molar-refractivity contribution in [3.8, 4) is 0 Å². The van der Waals surface area contributed by atoms with Crippen LogP contribution in [-0.2, 0) is 14.2 Å². The molecule has 0 bridgehead atoms. The van der Waals surface area contributed by atoms with E-state index < -0.39 is 18.5 Å². The zero-order chi connectivity index (χ0) is 32.9. The van der Waals surface area contributed by atoms with Gasteiger partial charge in [0.25, 0.3) is 0 Å². The van der Waals surface area contributed by atoms with Gasteiger partial charge in [0.05, 0.1) is 12.7 Å². The number of allylic oxidation sites excluding steroid dienone is 1. The molecule has 7 nitrogen and oxygen atoms in total. The van der Waals surface area contributed by atoms with Crippen LogP contribution in [0.4, 0.5) is 4.79 Å². The predicted octanol–water partition coefficient (Wildman–Crippen LogP) is 8.17. The van der Waals surface area contributed by atoms with Gasteiger partial charge in [0.2, 0.25) is 0 Å². The fraction of sp³-hybridized carbons (Fsp3) is 0.923. The number of hydrogen-bond acceptors (Lipinski definition) is 6. The maximum absolute atomic E-state index is 12.7. The van der Waals surface area contributed by atoms with Crippen LogP contribution in [0.5, 0.6) is 0 Å². The second-order valence-electron chi connectivity index (χ2n) is 16.9. The Hall–Kier alpha value is -1.15. The van der Waals surface area contributed by atoms with Gasteiger partial charge in [0, 0.05) is 26.0 Å². The Bertz CT molecular complexity index is 1020. The van der Waals surface area contributed by atoms with Gasteiger partial charge < -0.3 is 29.7 Å². The Morgan fingerprint density at radius 1 is 1.02 bits per heavy atom. The number of unbranched alkanes of at least 4 members (excludes halogenated alkanes) is 3. The van der Waals surface area contributed by atoms with Crippen LogP contribution >= 0.6 is 0 Å². The highest BCUT2D eigenvalue weighted by Gasteiger charge is 2.59. The lowest BCUT2D eigenvalue weighted by molar-refractivity contribution is -0.143. The van der Waals surface area contributed by atoms with Gasteiger partial charge in [-0.25, -0.2) is 4.79 Å². The number of alkyl carbamates (subject to hydrolysis) is 1. The second-order valence-corrected chi connectivity index (χ2v) is 16.9. The lowest BCUT2D eigenvalue weighted by atomic mass is 9.47. The largest absolute Gasteiger partial charge is 0.446 e. The standard InChI is InChI=1S/C39H67NO6/c1-26(2)11-10-12-27(3)31-15-16-32-30-14-13-28-23-29(17-19-38(28,4)33(30)18-20-39(31,32)5)45-37(43)40-21-8-6-7-9-22-44-36-24-34(42)35(25-41)46-36/h13,26-27,29-36,41-42H,6-12,14-25H2,1-5H3,(H,40,43)/t27-,29-,30?,31+,32+,33?,34?,35+,36+,38-,39+/m0/s1. The third-order valence-corrected chi connectivity index (χ3v) is 13.5. The molecular weight excluding hydrogens is 578 g/mol. The number of carbonyl (C=O) groups excluding carboxylic acids is 1. The van der Waals surface area contributed by atoms with Crippen molar-refractivity contribution >= 4 is 6.09 Å². The number of aliphatic hydroxyl groups excluding tert-OH is 2. The Morgan fingerprint density at radius 2 is 1.83 bits per heavy atom. The third-order valence-electron chi connectivity index (χ3n) is 13.5. The van der Waals surface area contributed by atoms with E-state index >= 15 is 0 Å². The molecule has 3 unspecified atom stereocenters. The molecule has 1 heterocycles. The lowest BCUT2D eigenvalue weighted by Gasteiger charge is -2.58. The molecule has 4 fully saturated rings. The number of ether oxygens (including phenoxy) is 3. The number of fused-ring (bicyclic) bond motifs is 5. The Morgan fingerprint density at radius 3 is 2.59 bits per heavy atom. The average Bonchev–Trinajstić information content (AvgIpc) is 3.56. The number of rotatable bonds is 15. The summed E-state index contributed by atoms with van der Waals surface area (Å²) in [6.45, 7) is 13.5. The number of aliphatic hydroxyl groups is 2. The van der Waals surface area contributed by atoms with E-state index in [4.69, 9.17) is 19.3 Å². The Balaban J connectivity index is 1.01. The van der Waals surface area contributed by atoms with Crippen LogP contribution in [-0.4, -0.2) is 60.7 Å². The minimum atomic E-state index is -0.655. The smallest absolute Gasteiger partial charge is 0.407 e. The molecule has 1 amide bonds. The molecule has 3 N–H and O–H groups in total. The summed E-state index contributed by atoms with van der Waals surface area (Å²) in [6.07, 6.45) is 19.0. The van der Waals surface area contributed by atoms with Crippen LogP contribution in [0, 0.1) is 46.3 Å². The van der Waals surface area contributed by atoms with Gasteiger partial charge in [-0.3, -0.25) is 0 Å². The molecule has 11 atom stereocenters. The number of carbonyl (C=O) groups is 1. The third kappa shape index (κ3) is 8.17. The van der Waals surface area contributed by atoms with Crippen molar-refractivity contribution in [3.05, 3.63) is 11.6 Å². The molecule has 0 radical (unpaired) electrons. The van der Waals surface area contributed by atoms with Gasteiger partial charge in [-0.1, -0.05) is 78.4 Å². The average molecular weight is 646 g/mol. The van der Waals surface area contributed by atoms with Gasteiger partial charge in [-0.15, -0.1) is 0 Å². The van der Waals surface area contributed by atoms with Gasteiger partial charge in [0.15, 0.2) is 6.29 Å². The van der Waals surface area contributed by atoms with Crippen LogP contribution in [0.15, 0.2) is 11.6 Å². The zero-order valence-corrected chi connectivity index (χ0v) is 29.8.